The first-order valence-electron chi connectivity index (χ1n) is 5.29. The summed E-state index contributed by atoms with van der Waals surface area (Å²) in [5.41, 5.74) is 0. The van der Waals surface area contributed by atoms with Crippen molar-refractivity contribution >= 4 is 21.8 Å². The first kappa shape index (κ1) is 12.9. The van der Waals surface area contributed by atoms with Crippen molar-refractivity contribution in [3.63, 3.8) is 0 Å². The van der Waals surface area contributed by atoms with Crippen molar-refractivity contribution in [1.29, 1.82) is 0 Å². The fourth-order valence-electron chi connectivity index (χ4n) is 1.43. The van der Waals surface area contributed by atoms with E-state index in [9.17, 15) is 4.79 Å². The zero-order chi connectivity index (χ0) is 11.1. The van der Waals surface area contributed by atoms with Crippen LogP contribution < -0.4 is 5.32 Å². The highest BCUT2D eigenvalue weighted by Gasteiger charge is 2.23. The van der Waals surface area contributed by atoms with E-state index >= 15 is 0 Å². The van der Waals surface area contributed by atoms with Gasteiger partial charge in [-0.15, -0.1) is 0 Å². The smallest absolute Gasteiger partial charge is 0.251 e. The minimum Gasteiger partial charge on any atom is -0.376 e. The molecule has 1 saturated heterocycles. The maximum absolute atomic E-state index is 11.6. The van der Waals surface area contributed by atoms with Crippen LogP contribution in [0.1, 0.15) is 19.8 Å². The summed E-state index contributed by atoms with van der Waals surface area (Å²) in [7, 11) is 0. The number of ether oxygens (including phenoxy) is 2. The lowest BCUT2D eigenvalue weighted by Gasteiger charge is -2.23. The predicted molar refractivity (Wildman–Crippen MR) is 61.2 cm³/mol. The van der Waals surface area contributed by atoms with Crippen molar-refractivity contribution in [3.8, 4) is 0 Å². The molecule has 5 heteroatoms. The van der Waals surface area contributed by atoms with Crippen molar-refractivity contribution in [3.05, 3.63) is 0 Å². The zero-order valence-electron chi connectivity index (χ0n) is 9.00. The molecule has 15 heavy (non-hydrogen) atoms. The third-order valence-corrected chi connectivity index (χ3v) is 2.83. The van der Waals surface area contributed by atoms with Gasteiger partial charge in [-0.2, -0.15) is 0 Å². The second-order valence-corrected chi connectivity index (χ2v) is 4.47. The number of hydrogen-bond acceptors (Lipinski definition) is 3. The number of amides is 1. The molecule has 0 saturated carbocycles. The molecule has 1 aliphatic rings. The Kier molecular flexibility index (Phi) is 6.20. The van der Waals surface area contributed by atoms with Crippen LogP contribution in [0.15, 0.2) is 0 Å². The highest BCUT2D eigenvalue weighted by molar-refractivity contribution is 9.09. The van der Waals surface area contributed by atoms with Crippen LogP contribution >= 0.6 is 15.9 Å². The molecule has 1 N–H and O–H groups in total. The highest BCUT2D eigenvalue weighted by Crippen LogP contribution is 2.03. The van der Waals surface area contributed by atoms with Crippen LogP contribution in [0, 0.1) is 0 Å². The van der Waals surface area contributed by atoms with E-state index in [1.54, 1.807) is 0 Å². The van der Waals surface area contributed by atoms with E-state index in [2.05, 4.69) is 21.2 Å². The monoisotopic (exact) mass is 279 g/mol. The molecule has 2 atom stereocenters. The number of carbonyl (C=O) groups excluding carboxylic acids is 1. The average Bonchev–Trinajstić information content (AvgIpc) is 2.27. The molecule has 0 spiro atoms. The minimum atomic E-state index is -0.426. The first-order valence-corrected chi connectivity index (χ1v) is 6.42. The second kappa shape index (κ2) is 7.19. The van der Waals surface area contributed by atoms with Gasteiger partial charge < -0.3 is 14.8 Å². The molecule has 2 unspecified atom stereocenters. The number of alkyl halides is 1. The zero-order valence-corrected chi connectivity index (χ0v) is 10.6. The summed E-state index contributed by atoms with van der Waals surface area (Å²) < 4.78 is 10.5. The maximum atomic E-state index is 11.6. The SMILES string of the molecule is CC(CCCBr)NC(=O)C1COCCO1. The van der Waals surface area contributed by atoms with E-state index in [0.717, 1.165) is 18.2 Å². The first-order chi connectivity index (χ1) is 7.24. The molecule has 88 valence electrons. The highest BCUT2D eigenvalue weighted by atomic mass is 79.9. The average molecular weight is 280 g/mol. The molecule has 1 amide bonds. The van der Waals surface area contributed by atoms with Crippen LogP contribution in [0.25, 0.3) is 0 Å². The topological polar surface area (TPSA) is 47.6 Å². The van der Waals surface area contributed by atoms with Crippen molar-refractivity contribution in [2.75, 3.05) is 25.2 Å². The van der Waals surface area contributed by atoms with Crippen molar-refractivity contribution in [2.24, 2.45) is 0 Å². The number of hydrogen-bond donors (Lipinski definition) is 1. The second-order valence-electron chi connectivity index (χ2n) is 3.68. The van der Waals surface area contributed by atoms with Gasteiger partial charge in [0.2, 0.25) is 0 Å². The van der Waals surface area contributed by atoms with E-state index in [0.29, 0.717) is 19.8 Å². The number of nitrogens with one attached hydrogen (secondary N) is 1. The van der Waals surface area contributed by atoms with E-state index in [4.69, 9.17) is 9.47 Å². The van der Waals surface area contributed by atoms with Crippen molar-refractivity contribution < 1.29 is 14.3 Å². The molecule has 0 bridgehead atoms. The molecule has 4 nitrogen and oxygen atoms in total. The Bertz CT molecular complexity index is 195. The van der Waals surface area contributed by atoms with Gasteiger partial charge in [0.1, 0.15) is 0 Å². The molecule has 1 heterocycles. The van der Waals surface area contributed by atoms with Crippen molar-refractivity contribution in [2.45, 2.75) is 31.9 Å². The van der Waals surface area contributed by atoms with Crippen LogP contribution in [0.3, 0.4) is 0 Å². The van der Waals surface area contributed by atoms with Gasteiger partial charge in [-0.25, -0.2) is 0 Å². The molecular weight excluding hydrogens is 262 g/mol. The molecule has 0 aromatic carbocycles. The molecular formula is C10H18BrNO3. The molecule has 0 aromatic heterocycles. The van der Waals surface area contributed by atoms with Gasteiger partial charge in [-0.05, 0) is 19.8 Å². The van der Waals surface area contributed by atoms with Gasteiger partial charge in [0.05, 0.1) is 19.8 Å². The Hall–Kier alpha value is -0.130. The number of carbonyl (C=O) groups is 1. The fraction of sp³-hybridized carbons (Fsp3) is 0.900. The largest absolute Gasteiger partial charge is 0.376 e. The van der Waals surface area contributed by atoms with Crippen LogP contribution in [0.5, 0.6) is 0 Å². The molecule has 0 aromatic rings. The fourth-order valence-corrected chi connectivity index (χ4v) is 1.75. The molecule has 1 rings (SSSR count). The van der Waals surface area contributed by atoms with Gasteiger partial charge in [-0.1, -0.05) is 15.9 Å². The van der Waals surface area contributed by atoms with E-state index in [-0.39, 0.29) is 11.9 Å². The number of halogens is 1. The normalized spacial score (nSPS) is 23.5. The summed E-state index contributed by atoms with van der Waals surface area (Å²) in [5.74, 6) is -0.0585. The molecule has 1 fully saturated rings. The van der Waals surface area contributed by atoms with E-state index in [1.165, 1.54) is 0 Å². The lowest BCUT2D eigenvalue weighted by Crippen LogP contribution is -2.45. The Morgan fingerprint density at radius 2 is 2.40 bits per heavy atom. The van der Waals surface area contributed by atoms with Gasteiger partial charge in [0.15, 0.2) is 6.10 Å². The van der Waals surface area contributed by atoms with Gasteiger partial charge in [0, 0.05) is 11.4 Å². The lowest BCUT2D eigenvalue weighted by molar-refractivity contribution is -0.148. The van der Waals surface area contributed by atoms with Gasteiger partial charge in [-0.3, -0.25) is 4.79 Å². The summed E-state index contributed by atoms with van der Waals surface area (Å²) >= 11 is 3.36. The standard InChI is InChI=1S/C10H18BrNO3/c1-8(3-2-4-11)12-10(13)9-7-14-5-6-15-9/h8-9H,2-7H2,1H3,(H,12,13). The van der Waals surface area contributed by atoms with Gasteiger partial charge in [0.25, 0.3) is 5.91 Å². The molecule has 0 radical (unpaired) electrons. The summed E-state index contributed by atoms with van der Waals surface area (Å²) in [6.07, 6.45) is 1.61. The third kappa shape index (κ3) is 4.95. The van der Waals surface area contributed by atoms with Crippen LogP contribution in [-0.4, -0.2) is 43.2 Å². The maximum Gasteiger partial charge on any atom is 0.251 e. The minimum absolute atomic E-state index is 0.0585. The molecule has 1 aliphatic heterocycles. The van der Waals surface area contributed by atoms with E-state index in [1.807, 2.05) is 6.92 Å². The summed E-state index contributed by atoms with van der Waals surface area (Å²) in [5, 5.41) is 3.89. The van der Waals surface area contributed by atoms with Crippen LogP contribution in [-0.2, 0) is 14.3 Å². The lowest BCUT2D eigenvalue weighted by atomic mass is 10.2. The Balaban J connectivity index is 2.21. The van der Waals surface area contributed by atoms with E-state index < -0.39 is 6.10 Å². The Labute approximate surface area is 98.8 Å². The number of rotatable bonds is 5. The third-order valence-electron chi connectivity index (χ3n) is 2.27. The van der Waals surface area contributed by atoms with Crippen LogP contribution in [0.4, 0.5) is 0 Å². The Morgan fingerprint density at radius 1 is 1.60 bits per heavy atom. The molecule has 0 aliphatic carbocycles. The predicted octanol–water partition coefficient (Wildman–Crippen LogP) is 1.08. The van der Waals surface area contributed by atoms with Gasteiger partial charge >= 0.3 is 0 Å². The summed E-state index contributed by atoms with van der Waals surface area (Å²) in [6, 6.07) is 0.195. The summed E-state index contributed by atoms with van der Waals surface area (Å²) in [4.78, 5) is 11.6. The van der Waals surface area contributed by atoms with Crippen molar-refractivity contribution in [1.82, 2.24) is 5.32 Å². The Morgan fingerprint density at radius 3 is 3.00 bits per heavy atom. The van der Waals surface area contributed by atoms with Crippen LogP contribution in [0.2, 0.25) is 0 Å². The summed E-state index contributed by atoms with van der Waals surface area (Å²) in [6.45, 7) is 3.47. The quantitative estimate of drug-likeness (QED) is 0.767.